The summed E-state index contributed by atoms with van der Waals surface area (Å²) in [7, 11) is 0. The lowest BCUT2D eigenvalue weighted by atomic mass is 10.3. The molecule has 2 aliphatic heterocycles. The van der Waals surface area contributed by atoms with Gasteiger partial charge in [-0.15, -0.1) is 0 Å². The minimum Gasteiger partial charge on any atom is -0.379 e. The Morgan fingerprint density at radius 1 is 0.750 bits per heavy atom. The lowest BCUT2D eigenvalue weighted by Crippen LogP contribution is -2.46. The molecule has 2 heterocycles. The fraction of sp³-hybridized carbons (Fsp3) is 1.00. The molecular formula is C14H31N5O. The van der Waals surface area contributed by atoms with E-state index in [2.05, 4.69) is 25.8 Å². The highest BCUT2D eigenvalue weighted by Crippen LogP contribution is 1.92. The van der Waals surface area contributed by atoms with Crippen LogP contribution in [0.15, 0.2) is 0 Å². The smallest absolute Gasteiger partial charge is 0.0594 e. The van der Waals surface area contributed by atoms with E-state index in [-0.39, 0.29) is 0 Å². The number of hydrogen-bond acceptors (Lipinski definition) is 6. The van der Waals surface area contributed by atoms with E-state index in [4.69, 9.17) is 4.74 Å². The van der Waals surface area contributed by atoms with Gasteiger partial charge in [0.15, 0.2) is 0 Å². The van der Waals surface area contributed by atoms with Gasteiger partial charge in [-0.2, -0.15) is 0 Å². The zero-order valence-corrected chi connectivity index (χ0v) is 12.7. The van der Waals surface area contributed by atoms with E-state index < -0.39 is 0 Å². The van der Waals surface area contributed by atoms with Gasteiger partial charge in [0.25, 0.3) is 0 Å². The van der Waals surface area contributed by atoms with E-state index in [1.165, 1.54) is 13.1 Å². The monoisotopic (exact) mass is 285 g/mol. The first-order valence-electron chi connectivity index (χ1n) is 8.10. The summed E-state index contributed by atoms with van der Waals surface area (Å²) in [4.78, 5) is 4.98. The summed E-state index contributed by atoms with van der Waals surface area (Å²) in [5.74, 6) is 0. The Kier molecular flexibility index (Phi) is 8.46. The summed E-state index contributed by atoms with van der Waals surface area (Å²) < 4.78 is 5.68. The van der Waals surface area contributed by atoms with Gasteiger partial charge in [0.1, 0.15) is 0 Å². The highest BCUT2D eigenvalue weighted by atomic mass is 16.5. The number of nitrogens with zero attached hydrogens (tertiary/aromatic N) is 2. The van der Waals surface area contributed by atoms with Crippen LogP contribution in [0.25, 0.3) is 0 Å². The minimum absolute atomic E-state index is 0.827. The van der Waals surface area contributed by atoms with Crippen LogP contribution in [0.3, 0.4) is 0 Å². The maximum Gasteiger partial charge on any atom is 0.0594 e. The molecule has 3 N–H and O–H groups in total. The second-order valence-corrected chi connectivity index (χ2v) is 5.55. The zero-order valence-electron chi connectivity index (χ0n) is 12.7. The topological polar surface area (TPSA) is 51.8 Å². The molecule has 0 unspecified atom stereocenters. The number of ether oxygens (including phenoxy) is 1. The SMILES string of the molecule is C(COCCN1CCNCC1)NCCN1CCNCC1. The van der Waals surface area contributed by atoms with Crippen molar-refractivity contribution in [2.75, 3.05) is 91.8 Å². The highest BCUT2D eigenvalue weighted by molar-refractivity contribution is 4.68. The predicted molar refractivity (Wildman–Crippen MR) is 82.3 cm³/mol. The van der Waals surface area contributed by atoms with Crippen molar-refractivity contribution in [3.05, 3.63) is 0 Å². The minimum atomic E-state index is 0.827. The molecule has 6 nitrogen and oxygen atoms in total. The van der Waals surface area contributed by atoms with Crippen molar-refractivity contribution in [2.24, 2.45) is 0 Å². The van der Waals surface area contributed by atoms with Gasteiger partial charge < -0.3 is 20.7 Å². The Balaban J connectivity index is 1.33. The maximum atomic E-state index is 5.68. The molecule has 6 heteroatoms. The van der Waals surface area contributed by atoms with Gasteiger partial charge in [0.2, 0.25) is 0 Å². The maximum absolute atomic E-state index is 5.68. The number of rotatable bonds is 9. The van der Waals surface area contributed by atoms with Gasteiger partial charge in [-0.3, -0.25) is 9.80 Å². The molecule has 0 radical (unpaired) electrons. The largest absolute Gasteiger partial charge is 0.379 e. The van der Waals surface area contributed by atoms with Crippen LogP contribution in [0.1, 0.15) is 0 Å². The molecule has 2 aliphatic rings. The van der Waals surface area contributed by atoms with Crippen LogP contribution in [0, 0.1) is 0 Å². The standard InChI is InChI=1S/C14H31N5O/c1-7-18(8-2-15-1)9-5-17-6-13-20-14-12-19-10-3-16-4-11-19/h15-17H,1-14H2. The van der Waals surface area contributed by atoms with Crippen LogP contribution in [0.2, 0.25) is 0 Å². The van der Waals surface area contributed by atoms with Crippen LogP contribution in [-0.2, 0) is 4.74 Å². The van der Waals surface area contributed by atoms with Gasteiger partial charge in [0.05, 0.1) is 13.2 Å². The lowest BCUT2D eigenvalue weighted by Gasteiger charge is -2.27. The average molecular weight is 285 g/mol. The first-order valence-corrected chi connectivity index (χ1v) is 8.10. The second-order valence-electron chi connectivity index (χ2n) is 5.55. The Hall–Kier alpha value is -0.240. The third-order valence-corrected chi connectivity index (χ3v) is 4.00. The predicted octanol–water partition coefficient (Wildman–Crippen LogP) is -1.60. The molecule has 2 saturated heterocycles. The van der Waals surface area contributed by atoms with E-state index in [0.717, 1.165) is 78.7 Å². The van der Waals surface area contributed by atoms with E-state index in [9.17, 15) is 0 Å². The van der Waals surface area contributed by atoms with Crippen molar-refractivity contribution in [2.45, 2.75) is 0 Å². The van der Waals surface area contributed by atoms with E-state index >= 15 is 0 Å². The summed E-state index contributed by atoms with van der Waals surface area (Å²) in [6, 6.07) is 0. The van der Waals surface area contributed by atoms with Crippen molar-refractivity contribution < 1.29 is 4.74 Å². The third kappa shape index (κ3) is 6.97. The van der Waals surface area contributed by atoms with Crippen LogP contribution in [0.5, 0.6) is 0 Å². The number of nitrogens with one attached hydrogen (secondary N) is 3. The Labute approximate surface area is 123 Å². The highest BCUT2D eigenvalue weighted by Gasteiger charge is 2.09. The summed E-state index contributed by atoms with van der Waals surface area (Å²) in [5, 5.41) is 10.2. The fourth-order valence-corrected chi connectivity index (χ4v) is 2.67. The van der Waals surface area contributed by atoms with E-state index in [1.54, 1.807) is 0 Å². The zero-order chi connectivity index (χ0) is 13.9. The molecule has 2 rings (SSSR count). The molecule has 0 aliphatic carbocycles. The van der Waals surface area contributed by atoms with Crippen molar-refractivity contribution in [1.82, 2.24) is 25.8 Å². The van der Waals surface area contributed by atoms with Crippen LogP contribution >= 0.6 is 0 Å². The Morgan fingerprint density at radius 2 is 1.35 bits per heavy atom. The van der Waals surface area contributed by atoms with Crippen LogP contribution in [0.4, 0.5) is 0 Å². The molecular weight excluding hydrogens is 254 g/mol. The van der Waals surface area contributed by atoms with Crippen LogP contribution in [-0.4, -0.2) is 102 Å². The van der Waals surface area contributed by atoms with Gasteiger partial charge in [-0.1, -0.05) is 0 Å². The van der Waals surface area contributed by atoms with E-state index in [0.29, 0.717) is 0 Å². The average Bonchev–Trinajstić information content (AvgIpc) is 2.52. The first kappa shape index (κ1) is 16.1. The third-order valence-electron chi connectivity index (χ3n) is 4.00. The van der Waals surface area contributed by atoms with Gasteiger partial charge in [-0.25, -0.2) is 0 Å². The molecule has 0 amide bonds. The van der Waals surface area contributed by atoms with Crippen molar-refractivity contribution in [3.8, 4) is 0 Å². The molecule has 118 valence electrons. The summed E-state index contributed by atoms with van der Waals surface area (Å²) >= 11 is 0. The molecule has 20 heavy (non-hydrogen) atoms. The molecule has 0 bridgehead atoms. The summed E-state index contributed by atoms with van der Waals surface area (Å²) in [5.41, 5.74) is 0. The molecule has 0 saturated carbocycles. The van der Waals surface area contributed by atoms with E-state index in [1.807, 2.05) is 0 Å². The normalized spacial score (nSPS) is 22.2. The molecule has 0 atom stereocenters. The molecule has 2 fully saturated rings. The van der Waals surface area contributed by atoms with Crippen molar-refractivity contribution in [3.63, 3.8) is 0 Å². The van der Waals surface area contributed by atoms with Crippen molar-refractivity contribution in [1.29, 1.82) is 0 Å². The fourth-order valence-electron chi connectivity index (χ4n) is 2.67. The van der Waals surface area contributed by atoms with Gasteiger partial charge in [-0.05, 0) is 0 Å². The molecule has 0 aromatic rings. The summed E-state index contributed by atoms with van der Waals surface area (Å²) in [6.07, 6.45) is 0. The summed E-state index contributed by atoms with van der Waals surface area (Å²) in [6.45, 7) is 15.1. The second kappa shape index (κ2) is 10.5. The lowest BCUT2D eigenvalue weighted by molar-refractivity contribution is 0.100. The molecule has 0 aromatic carbocycles. The Bertz CT molecular complexity index is 206. The Morgan fingerprint density at radius 3 is 2.00 bits per heavy atom. The molecule has 0 aromatic heterocycles. The van der Waals surface area contributed by atoms with Gasteiger partial charge in [0, 0.05) is 78.5 Å². The van der Waals surface area contributed by atoms with Crippen molar-refractivity contribution >= 4 is 0 Å². The molecule has 0 spiro atoms. The van der Waals surface area contributed by atoms with Gasteiger partial charge >= 0.3 is 0 Å². The number of piperazine rings is 2. The first-order chi connectivity index (χ1) is 9.95. The number of hydrogen-bond donors (Lipinski definition) is 3. The van der Waals surface area contributed by atoms with Crippen LogP contribution < -0.4 is 16.0 Å². The quantitative estimate of drug-likeness (QED) is 0.444.